The van der Waals surface area contributed by atoms with Gasteiger partial charge in [-0.3, -0.25) is 14.5 Å². The van der Waals surface area contributed by atoms with Crippen molar-refractivity contribution in [2.24, 2.45) is 0 Å². The number of hydrogen-bond acceptors (Lipinski definition) is 2. The number of amides is 2. The third kappa shape index (κ3) is 3.39. The van der Waals surface area contributed by atoms with Gasteiger partial charge in [0.1, 0.15) is 6.04 Å². The van der Waals surface area contributed by atoms with Gasteiger partial charge in [0.15, 0.2) is 0 Å². The van der Waals surface area contributed by atoms with Gasteiger partial charge in [-0.15, -0.1) is 0 Å². The molecule has 3 aromatic carbocycles. The van der Waals surface area contributed by atoms with Gasteiger partial charge >= 0.3 is 0 Å². The summed E-state index contributed by atoms with van der Waals surface area (Å²) in [5.74, 6) is -0.423. The minimum Gasteiger partial charge on any atom is -0.324 e. The molecule has 0 radical (unpaired) electrons. The van der Waals surface area contributed by atoms with E-state index >= 15 is 0 Å². The van der Waals surface area contributed by atoms with E-state index in [9.17, 15) is 9.59 Å². The van der Waals surface area contributed by atoms with Crippen LogP contribution in [-0.2, 0) is 11.2 Å². The first-order chi connectivity index (χ1) is 13.5. The number of aryl methyl sites for hydroxylation is 1. The van der Waals surface area contributed by atoms with Crippen LogP contribution < -0.4 is 10.2 Å². The molecule has 1 aliphatic rings. The van der Waals surface area contributed by atoms with Crippen molar-refractivity contribution in [3.8, 4) is 0 Å². The molecule has 1 unspecified atom stereocenters. The van der Waals surface area contributed by atoms with Crippen molar-refractivity contribution in [2.45, 2.75) is 19.4 Å². The Balaban J connectivity index is 1.66. The number of halogens is 1. The molecule has 1 heterocycles. The first-order valence-corrected chi connectivity index (χ1v) is 9.46. The van der Waals surface area contributed by atoms with Crippen molar-refractivity contribution in [2.75, 3.05) is 10.2 Å². The molecule has 28 heavy (non-hydrogen) atoms. The van der Waals surface area contributed by atoms with Crippen LogP contribution in [0.25, 0.3) is 0 Å². The van der Waals surface area contributed by atoms with Gasteiger partial charge in [0.05, 0.1) is 0 Å². The molecule has 2 amide bonds. The van der Waals surface area contributed by atoms with Crippen LogP contribution in [-0.4, -0.2) is 17.9 Å². The van der Waals surface area contributed by atoms with Gasteiger partial charge in [0.25, 0.3) is 5.91 Å². The van der Waals surface area contributed by atoms with E-state index in [0.717, 1.165) is 16.8 Å². The minimum absolute atomic E-state index is 0.187. The Bertz CT molecular complexity index is 1050. The van der Waals surface area contributed by atoms with Crippen molar-refractivity contribution in [3.63, 3.8) is 0 Å². The van der Waals surface area contributed by atoms with Crippen molar-refractivity contribution in [1.82, 2.24) is 0 Å². The second-order valence-corrected chi connectivity index (χ2v) is 7.25. The molecule has 0 fully saturated rings. The van der Waals surface area contributed by atoms with E-state index < -0.39 is 6.04 Å². The Morgan fingerprint density at radius 2 is 1.71 bits per heavy atom. The number of hydrogen-bond donors (Lipinski definition) is 1. The lowest BCUT2D eigenvalue weighted by molar-refractivity contribution is -0.117. The molecule has 140 valence electrons. The summed E-state index contributed by atoms with van der Waals surface area (Å²) in [6.45, 7) is 1.90. The Hall–Kier alpha value is -3.11. The molecular weight excluding hydrogens is 372 g/mol. The lowest BCUT2D eigenvalue weighted by Gasteiger charge is -2.25. The molecule has 0 saturated carbocycles. The number of nitrogens with zero attached hydrogens (tertiary/aromatic N) is 1. The molecule has 3 aromatic rings. The fraction of sp³-hybridized carbons (Fsp3) is 0.130. The summed E-state index contributed by atoms with van der Waals surface area (Å²) < 4.78 is 0. The molecular formula is C23H19ClN2O2. The van der Waals surface area contributed by atoms with E-state index in [-0.39, 0.29) is 11.8 Å². The Morgan fingerprint density at radius 1 is 1.00 bits per heavy atom. The number of para-hydroxylation sites is 1. The Kier molecular flexibility index (Phi) is 4.88. The maximum absolute atomic E-state index is 13.2. The van der Waals surface area contributed by atoms with Gasteiger partial charge in [-0.05, 0) is 48.4 Å². The lowest BCUT2D eigenvalue weighted by Crippen LogP contribution is -2.45. The molecule has 0 saturated heterocycles. The van der Waals surface area contributed by atoms with Crippen molar-refractivity contribution in [1.29, 1.82) is 0 Å². The molecule has 1 N–H and O–H groups in total. The highest BCUT2D eigenvalue weighted by atomic mass is 35.5. The quantitative estimate of drug-likeness (QED) is 0.694. The molecule has 4 rings (SSSR count). The normalized spacial score (nSPS) is 15.2. The summed E-state index contributed by atoms with van der Waals surface area (Å²) in [4.78, 5) is 27.9. The maximum Gasteiger partial charge on any atom is 0.259 e. The van der Waals surface area contributed by atoms with E-state index in [1.54, 1.807) is 23.1 Å². The zero-order valence-electron chi connectivity index (χ0n) is 15.4. The average Bonchev–Trinajstić information content (AvgIpc) is 3.10. The third-order valence-corrected chi connectivity index (χ3v) is 5.36. The topological polar surface area (TPSA) is 49.4 Å². The number of carbonyl (C=O) groups is 2. The maximum atomic E-state index is 13.2. The largest absolute Gasteiger partial charge is 0.324 e. The van der Waals surface area contributed by atoms with Crippen LogP contribution in [0.2, 0.25) is 5.02 Å². The van der Waals surface area contributed by atoms with Gasteiger partial charge in [0, 0.05) is 28.4 Å². The number of rotatable bonds is 3. The van der Waals surface area contributed by atoms with Crippen LogP contribution in [0.3, 0.4) is 0 Å². The summed E-state index contributed by atoms with van der Waals surface area (Å²) >= 11 is 6.17. The summed E-state index contributed by atoms with van der Waals surface area (Å²) in [5, 5.41) is 3.49. The standard InChI is InChI=1S/C23H19ClN2O2/c1-15-11-12-18(14-19(15)24)25-22(27)21-13-17-9-5-6-10-20(17)26(21)23(28)16-7-3-2-4-8-16/h2-12,14,21H,13H2,1H3,(H,25,27). The Morgan fingerprint density at radius 3 is 2.46 bits per heavy atom. The van der Waals surface area contributed by atoms with Crippen molar-refractivity contribution < 1.29 is 9.59 Å². The number of carbonyl (C=O) groups excluding carboxylic acids is 2. The van der Waals surface area contributed by atoms with Crippen LogP contribution in [0.4, 0.5) is 11.4 Å². The highest BCUT2D eigenvalue weighted by molar-refractivity contribution is 6.31. The first-order valence-electron chi connectivity index (χ1n) is 9.08. The van der Waals surface area contributed by atoms with Gasteiger partial charge in [0.2, 0.25) is 5.91 Å². The molecule has 0 bridgehead atoms. The summed E-state index contributed by atoms with van der Waals surface area (Å²) in [5.41, 5.74) is 3.86. The molecule has 1 aliphatic heterocycles. The number of nitrogens with one attached hydrogen (secondary N) is 1. The zero-order chi connectivity index (χ0) is 19.7. The van der Waals surface area contributed by atoms with E-state index in [1.807, 2.05) is 61.5 Å². The summed E-state index contributed by atoms with van der Waals surface area (Å²) in [6.07, 6.45) is 0.472. The molecule has 0 spiro atoms. The van der Waals surface area contributed by atoms with Crippen LogP contribution >= 0.6 is 11.6 Å². The second-order valence-electron chi connectivity index (χ2n) is 6.84. The molecule has 0 aliphatic carbocycles. The summed E-state index contributed by atoms with van der Waals surface area (Å²) in [7, 11) is 0. The van der Waals surface area contributed by atoms with E-state index in [4.69, 9.17) is 11.6 Å². The first kappa shape index (κ1) is 18.3. The smallest absolute Gasteiger partial charge is 0.259 e. The highest BCUT2D eigenvalue weighted by Gasteiger charge is 2.38. The van der Waals surface area contributed by atoms with Gasteiger partial charge in [-0.2, -0.15) is 0 Å². The monoisotopic (exact) mass is 390 g/mol. The zero-order valence-corrected chi connectivity index (χ0v) is 16.1. The van der Waals surface area contributed by atoms with Gasteiger partial charge in [-0.25, -0.2) is 0 Å². The van der Waals surface area contributed by atoms with Crippen LogP contribution in [0.1, 0.15) is 21.5 Å². The van der Waals surface area contributed by atoms with Crippen LogP contribution in [0, 0.1) is 6.92 Å². The van der Waals surface area contributed by atoms with Crippen LogP contribution in [0.15, 0.2) is 72.8 Å². The predicted octanol–water partition coefficient (Wildman–Crippen LogP) is 4.86. The predicted molar refractivity (Wildman–Crippen MR) is 112 cm³/mol. The fourth-order valence-electron chi connectivity index (χ4n) is 3.46. The Labute approximate surface area is 168 Å². The highest BCUT2D eigenvalue weighted by Crippen LogP contribution is 2.34. The van der Waals surface area contributed by atoms with E-state index in [2.05, 4.69) is 5.32 Å². The molecule has 0 aromatic heterocycles. The van der Waals surface area contributed by atoms with Crippen molar-refractivity contribution in [3.05, 3.63) is 94.5 Å². The summed E-state index contributed by atoms with van der Waals surface area (Å²) in [6, 6.07) is 21.4. The average molecular weight is 391 g/mol. The number of anilines is 2. The van der Waals surface area contributed by atoms with Crippen molar-refractivity contribution >= 4 is 34.8 Å². The number of benzene rings is 3. The molecule has 4 nitrogen and oxygen atoms in total. The van der Waals surface area contributed by atoms with Crippen LogP contribution in [0.5, 0.6) is 0 Å². The SMILES string of the molecule is Cc1ccc(NC(=O)C2Cc3ccccc3N2C(=O)c2ccccc2)cc1Cl. The number of fused-ring (bicyclic) bond motifs is 1. The second kappa shape index (κ2) is 7.49. The fourth-order valence-corrected chi connectivity index (χ4v) is 3.64. The lowest BCUT2D eigenvalue weighted by atomic mass is 10.1. The minimum atomic E-state index is -0.620. The van der Waals surface area contributed by atoms with Gasteiger partial charge in [-0.1, -0.05) is 54.1 Å². The van der Waals surface area contributed by atoms with E-state index in [0.29, 0.717) is 22.7 Å². The van der Waals surface area contributed by atoms with Gasteiger partial charge < -0.3 is 5.32 Å². The third-order valence-electron chi connectivity index (χ3n) is 4.96. The molecule has 1 atom stereocenters. The van der Waals surface area contributed by atoms with E-state index in [1.165, 1.54) is 0 Å². The molecule has 5 heteroatoms.